The molecule has 6 heteroatoms. The first-order valence-corrected chi connectivity index (χ1v) is 10.0. The standard InChI is InChI=1S/C19H28N4OS/c1-2-20-19(22-13-17-7-4-10-24-17)21-12-16-6-3-9-23(14-16)15-18-8-5-11-25-18/h4-5,7-8,10-11,16H,2-3,6,9,12-15H2,1H3,(H2,20,21,22). The second-order valence-electron chi connectivity index (χ2n) is 6.48. The van der Waals surface area contributed by atoms with Gasteiger partial charge in [0.25, 0.3) is 0 Å². The summed E-state index contributed by atoms with van der Waals surface area (Å²) in [5.41, 5.74) is 0. The van der Waals surface area contributed by atoms with Gasteiger partial charge >= 0.3 is 0 Å². The van der Waals surface area contributed by atoms with Crippen molar-refractivity contribution in [2.24, 2.45) is 10.9 Å². The smallest absolute Gasteiger partial charge is 0.191 e. The third-order valence-electron chi connectivity index (χ3n) is 4.44. The predicted octanol–water partition coefficient (Wildman–Crippen LogP) is 3.31. The molecule has 0 aliphatic carbocycles. The summed E-state index contributed by atoms with van der Waals surface area (Å²) in [7, 11) is 0. The summed E-state index contributed by atoms with van der Waals surface area (Å²) in [5, 5.41) is 8.99. The van der Waals surface area contributed by atoms with E-state index in [0.29, 0.717) is 12.5 Å². The first kappa shape index (κ1) is 18.0. The molecule has 0 spiro atoms. The first-order valence-electron chi connectivity index (χ1n) is 9.12. The zero-order valence-corrected chi connectivity index (χ0v) is 15.7. The Kier molecular flexibility index (Phi) is 6.94. The molecule has 1 unspecified atom stereocenters. The lowest BCUT2D eigenvalue weighted by Crippen LogP contribution is -2.44. The normalized spacial score (nSPS) is 19.1. The van der Waals surface area contributed by atoms with Crippen LogP contribution < -0.4 is 10.6 Å². The topological polar surface area (TPSA) is 52.8 Å². The molecule has 0 aromatic carbocycles. The zero-order valence-electron chi connectivity index (χ0n) is 14.9. The number of nitrogens with one attached hydrogen (secondary N) is 2. The lowest BCUT2D eigenvalue weighted by molar-refractivity contribution is 0.169. The van der Waals surface area contributed by atoms with Gasteiger partial charge in [-0.25, -0.2) is 4.99 Å². The Bertz CT molecular complexity index is 624. The van der Waals surface area contributed by atoms with Crippen molar-refractivity contribution < 1.29 is 4.42 Å². The molecular weight excluding hydrogens is 332 g/mol. The Hall–Kier alpha value is -1.79. The van der Waals surface area contributed by atoms with E-state index >= 15 is 0 Å². The van der Waals surface area contributed by atoms with Crippen LogP contribution in [0.2, 0.25) is 0 Å². The van der Waals surface area contributed by atoms with Crippen molar-refractivity contribution >= 4 is 17.3 Å². The third-order valence-corrected chi connectivity index (χ3v) is 5.30. The molecule has 5 nitrogen and oxygen atoms in total. The molecule has 1 fully saturated rings. The van der Waals surface area contributed by atoms with Gasteiger partial charge in [-0.1, -0.05) is 6.07 Å². The minimum absolute atomic E-state index is 0.567. The van der Waals surface area contributed by atoms with Gasteiger partial charge in [-0.2, -0.15) is 0 Å². The van der Waals surface area contributed by atoms with Crippen molar-refractivity contribution in [2.45, 2.75) is 32.9 Å². The van der Waals surface area contributed by atoms with Crippen molar-refractivity contribution in [3.63, 3.8) is 0 Å². The van der Waals surface area contributed by atoms with Crippen LogP contribution in [0.5, 0.6) is 0 Å². The monoisotopic (exact) mass is 360 g/mol. The molecular formula is C19H28N4OS. The maximum Gasteiger partial charge on any atom is 0.191 e. The van der Waals surface area contributed by atoms with E-state index in [0.717, 1.165) is 37.9 Å². The van der Waals surface area contributed by atoms with Crippen molar-refractivity contribution in [1.82, 2.24) is 15.5 Å². The van der Waals surface area contributed by atoms with E-state index in [4.69, 9.17) is 4.42 Å². The van der Waals surface area contributed by atoms with Crippen molar-refractivity contribution in [2.75, 3.05) is 26.2 Å². The first-order chi connectivity index (χ1) is 12.3. The van der Waals surface area contributed by atoms with E-state index < -0.39 is 0 Å². The van der Waals surface area contributed by atoms with Crippen LogP contribution in [0.3, 0.4) is 0 Å². The van der Waals surface area contributed by atoms with E-state index in [1.807, 2.05) is 23.5 Å². The van der Waals surface area contributed by atoms with Gasteiger partial charge in [0.1, 0.15) is 12.3 Å². The summed E-state index contributed by atoms with van der Waals surface area (Å²) in [6.45, 7) is 7.93. The van der Waals surface area contributed by atoms with Gasteiger partial charge in [-0.05, 0) is 55.8 Å². The van der Waals surface area contributed by atoms with Crippen LogP contribution in [-0.2, 0) is 13.1 Å². The van der Waals surface area contributed by atoms with Crippen LogP contribution in [-0.4, -0.2) is 37.0 Å². The quantitative estimate of drug-likeness (QED) is 0.588. The van der Waals surface area contributed by atoms with Crippen molar-refractivity contribution in [1.29, 1.82) is 0 Å². The minimum atomic E-state index is 0.567. The SMILES string of the molecule is CCNC(=NCc1ccco1)NCC1CCCN(Cc2cccs2)C1. The Labute approximate surface area is 154 Å². The lowest BCUT2D eigenvalue weighted by Gasteiger charge is -2.32. The number of likely N-dealkylation sites (tertiary alicyclic amines) is 1. The molecule has 3 rings (SSSR count). The van der Waals surface area contributed by atoms with Gasteiger partial charge in [0.15, 0.2) is 5.96 Å². The summed E-state index contributed by atoms with van der Waals surface area (Å²) in [6.07, 6.45) is 4.25. The largest absolute Gasteiger partial charge is 0.467 e. The number of piperidine rings is 1. The van der Waals surface area contributed by atoms with Crippen LogP contribution in [0.15, 0.2) is 45.3 Å². The van der Waals surface area contributed by atoms with Gasteiger partial charge in [0, 0.05) is 31.1 Å². The fourth-order valence-corrected chi connectivity index (χ4v) is 3.97. The zero-order chi connectivity index (χ0) is 17.3. The summed E-state index contributed by atoms with van der Waals surface area (Å²) in [5.74, 6) is 2.42. The van der Waals surface area contributed by atoms with Crippen LogP contribution in [0.25, 0.3) is 0 Å². The Balaban J connectivity index is 1.47. The molecule has 0 saturated carbocycles. The molecule has 136 valence electrons. The molecule has 3 heterocycles. The molecule has 25 heavy (non-hydrogen) atoms. The van der Waals surface area contributed by atoms with Crippen LogP contribution in [0, 0.1) is 5.92 Å². The second-order valence-corrected chi connectivity index (χ2v) is 7.51. The second kappa shape index (κ2) is 9.63. The Morgan fingerprint density at radius 2 is 2.32 bits per heavy atom. The highest BCUT2D eigenvalue weighted by Gasteiger charge is 2.20. The van der Waals surface area contributed by atoms with Gasteiger partial charge in [-0.3, -0.25) is 4.90 Å². The van der Waals surface area contributed by atoms with Gasteiger partial charge in [-0.15, -0.1) is 11.3 Å². The number of guanidine groups is 1. The Morgan fingerprint density at radius 3 is 3.08 bits per heavy atom. The molecule has 0 amide bonds. The molecule has 1 saturated heterocycles. The summed E-state index contributed by atoms with van der Waals surface area (Å²) < 4.78 is 5.35. The van der Waals surface area contributed by atoms with Gasteiger partial charge in [0.05, 0.1) is 6.26 Å². The number of hydrogen-bond donors (Lipinski definition) is 2. The van der Waals surface area contributed by atoms with E-state index in [1.54, 1.807) is 6.26 Å². The molecule has 0 radical (unpaired) electrons. The number of rotatable bonds is 7. The van der Waals surface area contributed by atoms with E-state index in [2.05, 4.69) is 45.0 Å². The minimum Gasteiger partial charge on any atom is -0.467 e. The fourth-order valence-electron chi connectivity index (χ4n) is 3.23. The lowest BCUT2D eigenvalue weighted by atomic mass is 9.98. The number of thiophene rings is 1. The molecule has 2 aromatic heterocycles. The summed E-state index contributed by atoms with van der Waals surface area (Å²) in [4.78, 5) is 8.65. The summed E-state index contributed by atoms with van der Waals surface area (Å²) in [6, 6.07) is 8.23. The maximum atomic E-state index is 5.35. The fraction of sp³-hybridized carbons (Fsp3) is 0.526. The average Bonchev–Trinajstić information content (AvgIpc) is 3.31. The van der Waals surface area contributed by atoms with Gasteiger partial charge < -0.3 is 15.1 Å². The number of hydrogen-bond acceptors (Lipinski definition) is 4. The average molecular weight is 361 g/mol. The van der Waals surface area contributed by atoms with E-state index in [9.17, 15) is 0 Å². The third kappa shape index (κ3) is 5.90. The molecule has 1 aliphatic rings. The van der Waals surface area contributed by atoms with Crippen molar-refractivity contribution in [3.8, 4) is 0 Å². The van der Waals surface area contributed by atoms with Crippen LogP contribution >= 0.6 is 11.3 Å². The maximum absolute atomic E-state index is 5.35. The highest BCUT2D eigenvalue weighted by Crippen LogP contribution is 2.19. The number of furan rings is 1. The highest BCUT2D eigenvalue weighted by molar-refractivity contribution is 7.09. The van der Waals surface area contributed by atoms with Gasteiger partial charge in [0.2, 0.25) is 0 Å². The summed E-state index contributed by atoms with van der Waals surface area (Å²) >= 11 is 1.85. The van der Waals surface area contributed by atoms with Crippen LogP contribution in [0.1, 0.15) is 30.4 Å². The molecule has 0 bridgehead atoms. The molecule has 1 aliphatic heterocycles. The number of nitrogens with zero attached hydrogens (tertiary/aromatic N) is 2. The molecule has 1 atom stereocenters. The van der Waals surface area contributed by atoms with E-state index in [1.165, 1.54) is 24.3 Å². The molecule has 2 N–H and O–H groups in total. The van der Waals surface area contributed by atoms with Crippen molar-refractivity contribution in [3.05, 3.63) is 46.5 Å². The van der Waals surface area contributed by atoms with E-state index in [-0.39, 0.29) is 0 Å². The van der Waals surface area contributed by atoms with Crippen LogP contribution in [0.4, 0.5) is 0 Å². The molecule has 2 aromatic rings. The highest BCUT2D eigenvalue weighted by atomic mass is 32.1. The Morgan fingerprint density at radius 1 is 1.36 bits per heavy atom. The number of aliphatic imine (C=N–C) groups is 1. The predicted molar refractivity (Wildman–Crippen MR) is 104 cm³/mol.